The lowest BCUT2D eigenvalue weighted by Crippen LogP contribution is -2.42. The average Bonchev–Trinajstić information content (AvgIpc) is 2.35. The number of nitrogens with zero attached hydrogens (tertiary/aromatic N) is 1. The molecule has 4 nitrogen and oxygen atoms in total. The lowest BCUT2D eigenvalue weighted by molar-refractivity contribution is 0.117. The van der Waals surface area contributed by atoms with Gasteiger partial charge >= 0.3 is 0 Å². The topological polar surface area (TPSA) is 57.6 Å². The molecule has 7 heteroatoms. The Balaban J connectivity index is 1.97. The summed E-state index contributed by atoms with van der Waals surface area (Å²) in [5, 5.41) is 9.94. The van der Waals surface area contributed by atoms with Gasteiger partial charge in [-0.05, 0) is 17.7 Å². The second-order valence-electron chi connectivity index (χ2n) is 4.64. The highest BCUT2D eigenvalue weighted by Crippen LogP contribution is 2.18. The molecule has 2 rings (SSSR count). The van der Waals surface area contributed by atoms with E-state index in [9.17, 15) is 22.3 Å². The van der Waals surface area contributed by atoms with Gasteiger partial charge in [-0.2, -0.15) is 0 Å². The minimum absolute atomic E-state index is 0.0670. The van der Waals surface area contributed by atoms with Crippen LogP contribution in [0.15, 0.2) is 18.2 Å². The van der Waals surface area contributed by atoms with E-state index in [1.54, 1.807) is 4.90 Å². The first-order chi connectivity index (χ1) is 8.87. The van der Waals surface area contributed by atoms with E-state index in [0.29, 0.717) is 13.1 Å². The molecule has 1 heterocycles. The number of hydrogen-bond acceptors (Lipinski definition) is 4. The zero-order valence-electron chi connectivity index (χ0n) is 10.2. The minimum atomic E-state index is -2.96. The Hall–Kier alpha value is -1.05. The Morgan fingerprint density at radius 3 is 2.42 bits per heavy atom. The standard InChI is InChI=1S/C12H15F2NO3S/c13-10-2-1-9(7-11(10)14)12(16)8-15-3-5-19(17,18)6-4-15/h1-2,7,12,16H,3-6,8H2. The van der Waals surface area contributed by atoms with E-state index in [0.717, 1.165) is 12.1 Å². The van der Waals surface area contributed by atoms with Gasteiger partial charge in [0.2, 0.25) is 0 Å². The van der Waals surface area contributed by atoms with Crippen molar-refractivity contribution < 1.29 is 22.3 Å². The van der Waals surface area contributed by atoms with Crippen LogP contribution in [0, 0.1) is 11.6 Å². The first-order valence-electron chi connectivity index (χ1n) is 5.93. The molecule has 106 valence electrons. The molecule has 1 N–H and O–H groups in total. The molecule has 0 saturated carbocycles. The fraction of sp³-hybridized carbons (Fsp3) is 0.500. The lowest BCUT2D eigenvalue weighted by Gasteiger charge is -2.28. The summed E-state index contributed by atoms with van der Waals surface area (Å²) in [5.74, 6) is -1.83. The second kappa shape index (κ2) is 5.52. The maximum absolute atomic E-state index is 13.0. The zero-order valence-corrected chi connectivity index (χ0v) is 11.0. The van der Waals surface area contributed by atoms with Gasteiger partial charge in [0, 0.05) is 19.6 Å². The molecule has 0 bridgehead atoms. The first-order valence-corrected chi connectivity index (χ1v) is 7.75. The van der Waals surface area contributed by atoms with Crippen LogP contribution in [-0.4, -0.2) is 49.6 Å². The predicted molar refractivity (Wildman–Crippen MR) is 66.4 cm³/mol. The third-order valence-electron chi connectivity index (χ3n) is 3.20. The Bertz CT molecular complexity index is 548. The van der Waals surface area contributed by atoms with E-state index in [1.165, 1.54) is 6.07 Å². The Kier molecular flexibility index (Phi) is 4.17. The lowest BCUT2D eigenvalue weighted by atomic mass is 10.1. The van der Waals surface area contributed by atoms with Gasteiger partial charge in [-0.1, -0.05) is 6.07 Å². The molecule has 1 aliphatic rings. The van der Waals surface area contributed by atoms with Crippen molar-refractivity contribution in [2.45, 2.75) is 6.10 Å². The summed E-state index contributed by atoms with van der Waals surface area (Å²) >= 11 is 0. The van der Waals surface area contributed by atoms with Gasteiger partial charge in [0.1, 0.15) is 0 Å². The van der Waals surface area contributed by atoms with E-state index >= 15 is 0 Å². The molecule has 0 spiro atoms. The van der Waals surface area contributed by atoms with Crippen molar-refractivity contribution in [1.29, 1.82) is 0 Å². The first kappa shape index (κ1) is 14.4. The number of rotatable bonds is 3. The zero-order chi connectivity index (χ0) is 14.0. The highest BCUT2D eigenvalue weighted by molar-refractivity contribution is 7.91. The van der Waals surface area contributed by atoms with E-state index < -0.39 is 27.6 Å². The third kappa shape index (κ3) is 3.71. The molecule has 1 aliphatic heterocycles. The van der Waals surface area contributed by atoms with Gasteiger partial charge < -0.3 is 5.11 Å². The van der Waals surface area contributed by atoms with Crippen LogP contribution in [0.5, 0.6) is 0 Å². The summed E-state index contributed by atoms with van der Waals surface area (Å²) < 4.78 is 48.3. The normalized spacial score (nSPS) is 21.2. The number of β-amino-alcohol motifs (C(OH)–C–C–N with tert-alkyl or cyclic N) is 1. The molecule has 1 atom stereocenters. The van der Waals surface area contributed by atoms with Crippen molar-refractivity contribution in [1.82, 2.24) is 4.90 Å². The molecule has 1 aromatic rings. The number of sulfone groups is 1. The fourth-order valence-electron chi connectivity index (χ4n) is 2.00. The predicted octanol–water partition coefficient (Wildman–Crippen LogP) is 0.729. The Labute approximate surface area is 110 Å². The van der Waals surface area contributed by atoms with Crippen molar-refractivity contribution in [3.63, 3.8) is 0 Å². The van der Waals surface area contributed by atoms with Gasteiger partial charge in [-0.15, -0.1) is 0 Å². The molecule has 1 unspecified atom stereocenters. The molecule has 0 amide bonds. The van der Waals surface area contributed by atoms with E-state index in [1.807, 2.05) is 0 Å². The van der Waals surface area contributed by atoms with Gasteiger partial charge in [0.15, 0.2) is 21.5 Å². The average molecular weight is 291 g/mol. The summed E-state index contributed by atoms with van der Waals surface area (Å²) in [5.41, 5.74) is 0.285. The van der Waals surface area contributed by atoms with Crippen molar-refractivity contribution in [2.24, 2.45) is 0 Å². The summed E-state index contributed by atoms with van der Waals surface area (Å²) in [4.78, 5) is 1.80. The molecule has 0 radical (unpaired) electrons. The quantitative estimate of drug-likeness (QED) is 0.892. The van der Waals surface area contributed by atoms with Gasteiger partial charge in [-0.25, -0.2) is 17.2 Å². The van der Waals surface area contributed by atoms with Gasteiger partial charge in [-0.3, -0.25) is 4.90 Å². The van der Waals surface area contributed by atoms with Crippen LogP contribution in [0.4, 0.5) is 8.78 Å². The fourth-order valence-corrected chi connectivity index (χ4v) is 3.28. The van der Waals surface area contributed by atoms with Crippen LogP contribution >= 0.6 is 0 Å². The SMILES string of the molecule is O=S1(=O)CCN(CC(O)c2ccc(F)c(F)c2)CC1. The summed E-state index contributed by atoms with van der Waals surface area (Å²) in [6.07, 6.45) is -0.962. The molecule has 1 fully saturated rings. The van der Waals surface area contributed by atoms with E-state index in [2.05, 4.69) is 0 Å². The number of halogens is 2. The van der Waals surface area contributed by atoms with Crippen LogP contribution in [-0.2, 0) is 9.84 Å². The van der Waals surface area contributed by atoms with E-state index in [4.69, 9.17) is 0 Å². The number of hydrogen-bond donors (Lipinski definition) is 1. The Morgan fingerprint density at radius 1 is 1.21 bits per heavy atom. The van der Waals surface area contributed by atoms with E-state index in [-0.39, 0.29) is 23.6 Å². The third-order valence-corrected chi connectivity index (χ3v) is 4.81. The van der Waals surface area contributed by atoms with Crippen molar-refractivity contribution in [3.05, 3.63) is 35.4 Å². The molecule has 1 saturated heterocycles. The van der Waals surface area contributed by atoms with Crippen LogP contribution in [0.2, 0.25) is 0 Å². The minimum Gasteiger partial charge on any atom is -0.387 e. The maximum atomic E-state index is 13.0. The molecule has 19 heavy (non-hydrogen) atoms. The monoisotopic (exact) mass is 291 g/mol. The van der Waals surface area contributed by atoms with Crippen LogP contribution in [0.1, 0.15) is 11.7 Å². The second-order valence-corrected chi connectivity index (χ2v) is 6.95. The van der Waals surface area contributed by atoms with Crippen molar-refractivity contribution in [3.8, 4) is 0 Å². The number of aliphatic hydroxyl groups excluding tert-OH is 1. The largest absolute Gasteiger partial charge is 0.387 e. The molecule has 1 aromatic carbocycles. The van der Waals surface area contributed by atoms with Crippen LogP contribution in [0.3, 0.4) is 0 Å². The maximum Gasteiger partial charge on any atom is 0.159 e. The van der Waals surface area contributed by atoms with Crippen LogP contribution in [0.25, 0.3) is 0 Å². The number of aliphatic hydroxyl groups is 1. The van der Waals surface area contributed by atoms with Crippen LogP contribution < -0.4 is 0 Å². The van der Waals surface area contributed by atoms with Gasteiger partial charge in [0.05, 0.1) is 17.6 Å². The molecule has 0 aliphatic carbocycles. The van der Waals surface area contributed by atoms with Gasteiger partial charge in [0.25, 0.3) is 0 Å². The van der Waals surface area contributed by atoms with Crippen molar-refractivity contribution in [2.75, 3.05) is 31.1 Å². The Morgan fingerprint density at radius 2 is 1.84 bits per heavy atom. The highest BCUT2D eigenvalue weighted by Gasteiger charge is 2.23. The highest BCUT2D eigenvalue weighted by atomic mass is 32.2. The summed E-state index contributed by atoms with van der Waals surface area (Å²) in [7, 11) is -2.96. The molecular formula is C12H15F2NO3S. The summed E-state index contributed by atoms with van der Waals surface area (Å²) in [6, 6.07) is 3.25. The van der Waals surface area contributed by atoms with Crippen molar-refractivity contribution >= 4 is 9.84 Å². The molecular weight excluding hydrogens is 276 g/mol. The summed E-state index contributed by atoms with van der Waals surface area (Å²) in [6.45, 7) is 0.909. The smallest absolute Gasteiger partial charge is 0.159 e. The number of benzene rings is 1. The molecule has 0 aromatic heterocycles.